The van der Waals surface area contributed by atoms with Gasteiger partial charge >= 0.3 is 0 Å². The van der Waals surface area contributed by atoms with Crippen molar-refractivity contribution in [3.8, 4) is 0 Å². The highest BCUT2D eigenvalue weighted by Gasteiger charge is 2.26. The number of halogens is 1. The molecule has 0 saturated carbocycles. The number of fused-ring (bicyclic) bond motifs is 1. The van der Waals surface area contributed by atoms with Gasteiger partial charge in [0.15, 0.2) is 5.96 Å². The van der Waals surface area contributed by atoms with Gasteiger partial charge in [0.05, 0.1) is 12.5 Å². The maximum Gasteiger partial charge on any atom is 0.231 e. The van der Waals surface area contributed by atoms with Gasteiger partial charge in [-0.15, -0.1) is 24.0 Å². The number of nitrogens with one attached hydrogen (secondary N) is 2. The molecule has 3 rings (SSSR count). The van der Waals surface area contributed by atoms with E-state index in [0.717, 1.165) is 43.2 Å². The number of hydrogen-bond donors (Lipinski definition) is 2. The molecule has 0 bridgehead atoms. The number of nitrogens with zero attached hydrogens (tertiary/aromatic N) is 2. The quantitative estimate of drug-likeness (QED) is 0.411. The van der Waals surface area contributed by atoms with Crippen LogP contribution >= 0.6 is 24.0 Å². The Morgan fingerprint density at radius 1 is 1.38 bits per heavy atom. The van der Waals surface area contributed by atoms with Crippen LogP contribution in [0.5, 0.6) is 0 Å². The van der Waals surface area contributed by atoms with Crippen molar-refractivity contribution in [2.45, 2.75) is 25.4 Å². The van der Waals surface area contributed by atoms with Gasteiger partial charge in [-0.1, -0.05) is 18.2 Å². The maximum atomic E-state index is 12.1. The first-order chi connectivity index (χ1) is 11.3. The minimum atomic E-state index is 0. The van der Waals surface area contributed by atoms with E-state index in [1.165, 1.54) is 0 Å². The van der Waals surface area contributed by atoms with Crippen molar-refractivity contribution in [2.75, 3.05) is 38.2 Å². The fourth-order valence-electron chi connectivity index (χ4n) is 3.08. The first-order valence-corrected chi connectivity index (χ1v) is 8.22. The lowest BCUT2D eigenvalue weighted by atomic mass is 10.2. The van der Waals surface area contributed by atoms with Gasteiger partial charge in [0, 0.05) is 39.0 Å². The molecule has 6 nitrogen and oxygen atoms in total. The van der Waals surface area contributed by atoms with E-state index in [1.807, 2.05) is 29.2 Å². The average molecular weight is 444 g/mol. The van der Waals surface area contributed by atoms with Crippen molar-refractivity contribution < 1.29 is 9.53 Å². The van der Waals surface area contributed by atoms with Crippen LogP contribution in [0.4, 0.5) is 5.69 Å². The number of aliphatic imine (C=N–C) groups is 1. The van der Waals surface area contributed by atoms with Crippen LogP contribution in [0, 0.1) is 0 Å². The van der Waals surface area contributed by atoms with Crippen molar-refractivity contribution in [1.29, 1.82) is 0 Å². The number of anilines is 1. The molecule has 1 amide bonds. The summed E-state index contributed by atoms with van der Waals surface area (Å²) < 4.78 is 5.59. The summed E-state index contributed by atoms with van der Waals surface area (Å²) in [6.45, 7) is 2.92. The van der Waals surface area contributed by atoms with E-state index in [1.54, 1.807) is 7.05 Å². The number of benzene rings is 1. The molecule has 0 aliphatic carbocycles. The molecular formula is C17H25IN4O2. The molecule has 24 heavy (non-hydrogen) atoms. The normalized spacial score (nSPS) is 19.9. The van der Waals surface area contributed by atoms with Crippen LogP contribution in [0.2, 0.25) is 0 Å². The first kappa shape index (κ1) is 19.0. The smallest absolute Gasteiger partial charge is 0.231 e. The summed E-state index contributed by atoms with van der Waals surface area (Å²) in [6, 6.07) is 7.97. The monoisotopic (exact) mass is 444 g/mol. The maximum absolute atomic E-state index is 12.1. The van der Waals surface area contributed by atoms with Gasteiger partial charge in [0.2, 0.25) is 5.91 Å². The fourth-order valence-corrected chi connectivity index (χ4v) is 3.08. The molecule has 2 aliphatic heterocycles. The molecule has 2 aliphatic rings. The van der Waals surface area contributed by atoms with Gasteiger partial charge in [-0.2, -0.15) is 0 Å². The molecule has 7 heteroatoms. The van der Waals surface area contributed by atoms with Crippen LogP contribution in [0.15, 0.2) is 29.3 Å². The van der Waals surface area contributed by atoms with Crippen LogP contribution < -0.4 is 15.5 Å². The molecule has 1 atom stereocenters. The van der Waals surface area contributed by atoms with Gasteiger partial charge in [-0.05, 0) is 24.5 Å². The van der Waals surface area contributed by atoms with Crippen LogP contribution in [-0.2, 0) is 16.0 Å². The van der Waals surface area contributed by atoms with Crippen LogP contribution in [0.25, 0.3) is 0 Å². The predicted molar refractivity (Wildman–Crippen MR) is 106 cm³/mol. The van der Waals surface area contributed by atoms with E-state index < -0.39 is 0 Å². The van der Waals surface area contributed by atoms with Gasteiger partial charge in [0.25, 0.3) is 0 Å². The minimum absolute atomic E-state index is 0. The zero-order valence-corrected chi connectivity index (χ0v) is 16.3. The summed E-state index contributed by atoms with van der Waals surface area (Å²) in [5, 5.41) is 6.54. The lowest BCUT2D eigenvalue weighted by molar-refractivity contribution is -0.117. The van der Waals surface area contributed by atoms with Crippen molar-refractivity contribution in [3.05, 3.63) is 29.8 Å². The van der Waals surface area contributed by atoms with E-state index in [9.17, 15) is 4.79 Å². The molecule has 0 spiro atoms. The second-order valence-corrected chi connectivity index (χ2v) is 5.87. The highest BCUT2D eigenvalue weighted by molar-refractivity contribution is 14.0. The molecule has 132 valence electrons. The number of hydrogen-bond acceptors (Lipinski definition) is 3. The molecule has 2 heterocycles. The fraction of sp³-hybridized carbons (Fsp3) is 0.529. The molecule has 1 fully saturated rings. The van der Waals surface area contributed by atoms with Gasteiger partial charge in [-0.3, -0.25) is 9.79 Å². The van der Waals surface area contributed by atoms with Crippen LogP contribution in [0.3, 0.4) is 0 Å². The number of carbonyl (C=O) groups excluding carboxylic acids is 1. The van der Waals surface area contributed by atoms with Crippen molar-refractivity contribution in [2.24, 2.45) is 4.99 Å². The average Bonchev–Trinajstić information content (AvgIpc) is 3.18. The second kappa shape index (κ2) is 9.22. The molecule has 1 unspecified atom stereocenters. The molecule has 1 aromatic carbocycles. The van der Waals surface area contributed by atoms with Crippen molar-refractivity contribution in [1.82, 2.24) is 10.6 Å². The summed E-state index contributed by atoms with van der Waals surface area (Å²) in [6.07, 6.45) is 3.01. The van der Waals surface area contributed by atoms with Crippen molar-refractivity contribution >= 4 is 41.5 Å². The molecule has 1 aromatic rings. The number of para-hydroxylation sites is 1. The predicted octanol–water partition coefficient (Wildman–Crippen LogP) is 1.54. The summed E-state index contributed by atoms with van der Waals surface area (Å²) in [4.78, 5) is 18.2. The highest BCUT2D eigenvalue weighted by atomic mass is 127. The Labute approximate surface area is 160 Å². The number of rotatable bonds is 5. The first-order valence-electron chi connectivity index (χ1n) is 8.22. The number of amides is 1. The van der Waals surface area contributed by atoms with E-state index in [-0.39, 0.29) is 36.0 Å². The largest absolute Gasteiger partial charge is 0.376 e. The Morgan fingerprint density at radius 2 is 2.21 bits per heavy atom. The molecule has 2 N–H and O–H groups in total. The molecular weight excluding hydrogens is 419 g/mol. The second-order valence-electron chi connectivity index (χ2n) is 5.87. The topological polar surface area (TPSA) is 66.0 Å². The Balaban J connectivity index is 0.00000208. The van der Waals surface area contributed by atoms with Crippen molar-refractivity contribution in [3.63, 3.8) is 0 Å². The summed E-state index contributed by atoms with van der Waals surface area (Å²) in [7, 11) is 1.75. The molecule has 0 aromatic heterocycles. The SMILES string of the molecule is CN=C(NCCN1C(=O)Cc2ccccc21)NCC1CCCO1.I. The third-order valence-corrected chi connectivity index (χ3v) is 4.30. The van der Waals surface area contributed by atoms with E-state index in [2.05, 4.69) is 15.6 Å². The third kappa shape index (κ3) is 4.60. The van der Waals surface area contributed by atoms with Crippen LogP contribution in [0.1, 0.15) is 18.4 Å². The summed E-state index contributed by atoms with van der Waals surface area (Å²) in [5.74, 6) is 0.913. The summed E-state index contributed by atoms with van der Waals surface area (Å²) in [5.41, 5.74) is 2.14. The zero-order valence-electron chi connectivity index (χ0n) is 14.0. The molecule has 0 radical (unpaired) electrons. The number of guanidine groups is 1. The Morgan fingerprint density at radius 3 is 2.96 bits per heavy atom. The summed E-state index contributed by atoms with van der Waals surface area (Å²) >= 11 is 0. The standard InChI is InChI=1S/C17H24N4O2.HI/c1-18-17(20-12-14-6-4-10-23-14)19-8-9-21-15-7-3-2-5-13(15)11-16(21)22;/h2-3,5,7,14H,4,6,8-12H2,1H3,(H2,18,19,20);1H. The Bertz CT molecular complexity index is 588. The zero-order chi connectivity index (χ0) is 16.1. The van der Waals surface area contributed by atoms with E-state index >= 15 is 0 Å². The lowest BCUT2D eigenvalue weighted by Gasteiger charge is -2.19. The highest BCUT2D eigenvalue weighted by Crippen LogP contribution is 2.27. The van der Waals surface area contributed by atoms with Gasteiger partial charge in [-0.25, -0.2) is 0 Å². The van der Waals surface area contributed by atoms with Crippen LogP contribution in [-0.4, -0.2) is 51.3 Å². The third-order valence-electron chi connectivity index (χ3n) is 4.30. The van der Waals surface area contributed by atoms with Gasteiger partial charge in [0.1, 0.15) is 0 Å². The van der Waals surface area contributed by atoms with E-state index in [4.69, 9.17) is 4.74 Å². The Hall–Kier alpha value is -1.35. The number of ether oxygens (including phenoxy) is 1. The van der Waals surface area contributed by atoms with Gasteiger partial charge < -0.3 is 20.3 Å². The number of carbonyl (C=O) groups is 1. The Kier molecular flexibility index (Phi) is 7.29. The molecule has 1 saturated heterocycles. The lowest BCUT2D eigenvalue weighted by Crippen LogP contribution is -2.44. The van der Waals surface area contributed by atoms with E-state index in [0.29, 0.717) is 19.5 Å². The minimum Gasteiger partial charge on any atom is -0.376 e.